The maximum absolute atomic E-state index is 5.24. The Hall–Kier alpha value is -0.670. The highest BCUT2D eigenvalue weighted by atomic mass is 32.1. The van der Waals surface area contributed by atoms with Crippen molar-refractivity contribution in [2.45, 2.75) is 0 Å². The van der Waals surface area contributed by atoms with Crippen LogP contribution < -0.4 is 5.73 Å². The lowest BCUT2D eigenvalue weighted by atomic mass is 10.4. The van der Waals surface area contributed by atoms with E-state index in [0.29, 0.717) is 6.54 Å². The molecule has 0 saturated carbocycles. The van der Waals surface area contributed by atoms with Crippen molar-refractivity contribution in [1.82, 2.24) is 4.37 Å². The van der Waals surface area contributed by atoms with Gasteiger partial charge in [0.25, 0.3) is 0 Å². The van der Waals surface area contributed by atoms with Gasteiger partial charge in [-0.25, -0.2) is 4.37 Å². The van der Waals surface area contributed by atoms with Gasteiger partial charge >= 0.3 is 0 Å². The average Bonchev–Trinajstić information content (AvgIpc) is 2.34. The summed E-state index contributed by atoms with van der Waals surface area (Å²) in [5.74, 6) is 0. The number of nitrogens with zero attached hydrogens (tertiary/aromatic N) is 1. The molecule has 2 nitrogen and oxygen atoms in total. The number of hydrogen-bond donors (Lipinski definition) is 1. The molecule has 1 aromatic heterocycles. The smallest absolute Gasteiger partial charge is 0.0474 e. The fourth-order valence-corrected chi connectivity index (χ4v) is 1.02. The molecule has 0 aliphatic rings. The lowest BCUT2D eigenvalue weighted by Crippen LogP contribution is -1.91. The van der Waals surface area contributed by atoms with E-state index in [4.69, 9.17) is 5.73 Å². The predicted molar refractivity (Wildman–Crippen MR) is 40.2 cm³/mol. The van der Waals surface area contributed by atoms with Gasteiger partial charge in [-0.05, 0) is 23.7 Å². The molecule has 0 aliphatic carbocycles. The Labute approximate surface area is 58.2 Å². The summed E-state index contributed by atoms with van der Waals surface area (Å²) < 4.78 is 3.92. The zero-order chi connectivity index (χ0) is 6.53. The monoisotopic (exact) mass is 140 g/mol. The van der Waals surface area contributed by atoms with Gasteiger partial charge in [-0.2, -0.15) is 0 Å². The van der Waals surface area contributed by atoms with Crippen LogP contribution in [0.5, 0.6) is 0 Å². The van der Waals surface area contributed by atoms with Crippen molar-refractivity contribution in [3.8, 4) is 0 Å². The first-order chi connectivity index (χ1) is 4.43. The van der Waals surface area contributed by atoms with Crippen LogP contribution in [0.25, 0.3) is 6.08 Å². The lowest BCUT2D eigenvalue weighted by molar-refractivity contribution is 1.26. The first-order valence-corrected chi connectivity index (χ1v) is 3.48. The normalized spacial score (nSPS) is 10.8. The van der Waals surface area contributed by atoms with Crippen LogP contribution in [0.2, 0.25) is 0 Å². The maximum Gasteiger partial charge on any atom is 0.0474 e. The molecule has 1 heterocycles. The number of hydrogen-bond acceptors (Lipinski definition) is 3. The third-order valence-corrected chi connectivity index (χ3v) is 1.59. The molecule has 48 valence electrons. The molecule has 0 aliphatic heterocycles. The van der Waals surface area contributed by atoms with Crippen LogP contribution in [-0.2, 0) is 0 Å². The zero-order valence-electron chi connectivity index (χ0n) is 4.95. The molecular weight excluding hydrogens is 132 g/mol. The van der Waals surface area contributed by atoms with Crippen LogP contribution in [0.4, 0.5) is 0 Å². The SMILES string of the molecule is NC/C=C/c1ccns1. The second-order valence-electron chi connectivity index (χ2n) is 1.55. The van der Waals surface area contributed by atoms with Crippen LogP contribution >= 0.6 is 11.5 Å². The summed E-state index contributed by atoms with van der Waals surface area (Å²) in [6.07, 6.45) is 5.66. The molecule has 0 radical (unpaired) electrons. The lowest BCUT2D eigenvalue weighted by Gasteiger charge is -1.77. The summed E-state index contributed by atoms with van der Waals surface area (Å²) in [7, 11) is 0. The standard InChI is InChI=1S/C6H8N2S/c7-4-1-2-6-3-5-8-9-6/h1-3,5H,4,7H2/b2-1+. The van der Waals surface area contributed by atoms with Gasteiger partial charge in [0, 0.05) is 17.6 Å². The van der Waals surface area contributed by atoms with Crippen LogP contribution in [0.15, 0.2) is 18.3 Å². The third kappa shape index (κ3) is 1.95. The molecule has 0 amide bonds. The van der Waals surface area contributed by atoms with E-state index < -0.39 is 0 Å². The van der Waals surface area contributed by atoms with E-state index in [0.717, 1.165) is 4.88 Å². The van der Waals surface area contributed by atoms with E-state index in [2.05, 4.69) is 4.37 Å². The van der Waals surface area contributed by atoms with Gasteiger partial charge in [0.2, 0.25) is 0 Å². The topological polar surface area (TPSA) is 38.9 Å². The Morgan fingerprint density at radius 2 is 2.67 bits per heavy atom. The Morgan fingerprint density at radius 1 is 1.78 bits per heavy atom. The highest BCUT2D eigenvalue weighted by molar-refractivity contribution is 7.06. The summed E-state index contributed by atoms with van der Waals surface area (Å²) >= 11 is 1.47. The van der Waals surface area contributed by atoms with E-state index in [1.54, 1.807) is 6.20 Å². The first kappa shape index (κ1) is 6.45. The Morgan fingerprint density at radius 3 is 3.22 bits per heavy atom. The third-order valence-electron chi connectivity index (χ3n) is 0.876. The van der Waals surface area contributed by atoms with E-state index in [-0.39, 0.29) is 0 Å². The van der Waals surface area contributed by atoms with E-state index in [1.165, 1.54) is 11.5 Å². The molecular formula is C6H8N2S. The molecule has 0 aromatic carbocycles. The Bertz CT molecular complexity index is 179. The predicted octanol–water partition coefficient (Wildman–Crippen LogP) is 1.12. The molecule has 0 fully saturated rings. The van der Waals surface area contributed by atoms with E-state index >= 15 is 0 Å². The molecule has 0 bridgehead atoms. The van der Waals surface area contributed by atoms with Crippen molar-refractivity contribution in [3.63, 3.8) is 0 Å². The summed E-state index contributed by atoms with van der Waals surface area (Å²) in [6, 6.07) is 1.96. The van der Waals surface area contributed by atoms with Crippen molar-refractivity contribution < 1.29 is 0 Å². The van der Waals surface area contributed by atoms with Gasteiger partial charge in [0.1, 0.15) is 0 Å². The van der Waals surface area contributed by atoms with Gasteiger partial charge in [-0.15, -0.1) is 0 Å². The Kier molecular flexibility index (Phi) is 2.42. The van der Waals surface area contributed by atoms with Gasteiger partial charge in [0.05, 0.1) is 0 Å². The zero-order valence-corrected chi connectivity index (χ0v) is 5.77. The quantitative estimate of drug-likeness (QED) is 0.668. The van der Waals surface area contributed by atoms with Crippen LogP contribution in [-0.4, -0.2) is 10.9 Å². The Balaban J connectivity index is 2.57. The van der Waals surface area contributed by atoms with Crippen LogP contribution in [0, 0.1) is 0 Å². The molecule has 3 heteroatoms. The minimum absolute atomic E-state index is 0.595. The fourth-order valence-electron chi connectivity index (χ4n) is 0.496. The molecule has 2 N–H and O–H groups in total. The van der Waals surface area contributed by atoms with Crippen LogP contribution in [0.1, 0.15) is 4.88 Å². The van der Waals surface area contributed by atoms with Crippen molar-refractivity contribution >= 4 is 17.6 Å². The van der Waals surface area contributed by atoms with Gasteiger partial charge in [-0.3, -0.25) is 0 Å². The largest absolute Gasteiger partial charge is 0.327 e. The van der Waals surface area contributed by atoms with Gasteiger partial charge < -0.3 is 5.73 Å². The van der Waals surface area contributed by atoms with Gasteiger partial charge in [0.15, 0.2) is 0 Å². The first-order valence-electron chi connectivity index (χ1n) is 2.71. The molecule has 9 heavy (non-hydrogen) atoms. The second kappa shape index (κ2) is 3.37. The summed E-state index contributed by atoms with van der Waals surface area (Å²) in [5.41, 5.74) is 5.24. The summed E-state index contributed by atoms with van der Waals surface area (Å²) in [6.45, 7) is 0.595. The average molecular weight is 140 g/mol. The highest BCUT2D eigenvalue weighted by Crippen LogP contribution is 2.05. The number of aromatic nitrogens is 1. The summed E-state index contributed by atoms with van der Waals surface area (Å²) in [4.78, 5) is 1.15. The molecule has 1 aromatic rings. The minimum atomic E-state index is 0.595. The van der Waals surface area contributed by atoms with E-state index in [1.807, 2.05) is 18.2 Å². The molecule has 1 rings (SSSR count). The van der Waals surface area contributed by atoms with Crippen LogP contribution in [0.3, 0.4) is 0 Å². The highest BCUT2D eigenvalue weighted by Gasteiger charge is 1.83. The molecule has 0 unspecified atom stereocenters. The molecule has 0 spiro atoms. The van der Waals surface area contributed by atoms with Crippen molar-refractivity contribution in [3.05, 3.63) is 23.2 Å². The van der Waals surface area contributed by atoms with Crippen molar-refractivity contribution in [2.24, 2.45) is 5.73 Å². The minimum Gasteiger partial charge on any atom is -0.327 e. The number of rotatable bonds is 2. The van der Waals surface area contributed by atoms with Gasteiger partial charge in [-0.1, -0.05) is 6.08 Å². The fraction of sp³-hybridized carbons (Fsp3) is 0.167. The van der Waals surface area contributed by atoms with E-state index in [9.17, 15) is 0 Å². The second-order valence-corrected chi connectivity index (χ2v) is 2.42. The van der Waals surface area contributed by atoms with Crippen molar-refractivity contribution in [2.75, 3.05) is 6.54 Å². The summed E-state index contributed by atoms with van der Waals surface area (Å²) in [5, 5.41) is 0. The maximum atomic E-state index is 5.24. The number of nitrogens with two attached hydrogens (primary N) is 1. The molecule has 0 atom stereocenters. The van der Waals surface area contributed by atoms with Crippen molar-refractivity contribution in [1.29, 1.82) is 0 Å². The molecule has 0 saturated heterocycles.